The Morgan fingerprint density at radius 2 is 1.09 bits per heavy atom. The van der Waals surface area contributed by atoms with Gasteiger partial charge in [0, 0.05) is 44.2 Å². The highest BCUT2D eigenvalue weighted by Gasteiger charge is 2.27. The maximum absolute atomic E-state index is 12.7. The molecule has 0 aliphatic rings. The summed E-state index contributed by atoms with van der Waals surface area (Å²) in [5.74, 6) is -3.10. The molecule has 10 N–H and O–H groups in total. The van der Waals surface area contributed by atoms with Crippen molar-refractivity contribution in [1.29, 1.82) is 0 Å². The Bertz CT molecular complexity index is 1380. The fraction of sp³-hybridized carbons (Fsp3) is 0.545. The van der Waals surface area contributed by atoms with Gasteiger partial charge in [0.2, 0.25) is 17.7 Å². The maximum atomic E-state index is 12.7. The molecule has 2 rings (SSSR count). The van der Waals surface area contributed by atoms with Crippen molar-refractivity contribution >= 4 is 23.7 Å². The first-order valence-electron chi connectivity index (χ1n) is 19.0. The predicted octanol–water partition coefficient (Wildman–Crippen LogP) is 5.35. The van der Waals surface area contributed by atoms with Crippen LogP contribution in [0.4, 0.5) is 0 Å². The summed E-state index contributed by atoms with van der Waals surface area (Å²) in [6.07, 6.45) is 4.64. The molecule has 0 radical (unpaired) electrons. The molecule has 324 valence electrons. The van der Waals surface area contributed by atoms with Crippen LogP contribution in [-0.4, -0.2) is 86.6 Å². The van der Waals surface area contributed by atoms with Crippen molar-refractivity contribution in [3.05, 3.63) is 97.1 Å². The normalized spacial score (nSPS) is 14.4. The van der Waals surface area contributed by atoms with E-state index in [1.165, 1.54) is 6.08 Å². The smallest absolute Gasteiger partial charge is 0.307 e. The molecular weight excluding hydrogens is 729 g/mol. The van der Waals surface area contributed by atoms with Crippen LogP contribution in [0.15, 0.2) is 86.0 Å². The van der Waals surface area contributed by atoms with Crippen LogP contribution in [-0.2, 0) is 19.2 Å². The number of carboxylic acid groups (broad SMARTS) is 1. The average Bonchev–Trinajstić information content (AvgIpc) is 3.16. The molecule has 0 saturated carbocycles. The quantitative estimate of drug-likeness (QED) is 0.0654. The minimum Gasteiger partial charge on any atom is -0.481 e. The van der Waals surface area contributed by atoms with Gasteiger partial charge in [0.15, 0.2) is 0 Å². The summed E-state index contributed by atoms with van der Waals surface area (Å²) in [6.45, 7) is 14.5. The Hall–Kier alpha value is -4.40. The van der Waals surface area contributed by atoms with Gasteiger partial charge in [0.05, 0.1) is 30.1 Å². The number of benzene rings is 2. The van der Waals surface area contributed by atoms with E-state index in [0.717, 1.165) is 17.5 Å². The number of aliphatic hydroxyl groups excluding tert-OH is 4. The van der Waals surface area contributed by atoms with Gasteiger partial charge in [-0.25, -0.2) is 0 Å². The molecule has 0 saturated heterocycles. The molecule has 13 nitrogen and oxygen atoms in total. The topological polar surface area (TPSA) is 232 Å². The molecule has 0 aliphatic carbocycles. The zero-order chi connectivity index (χ0) is 41.8. The molecule has 1 unspecified atom stereocenters. The molecule has 0 fully saturated rings. The van der Waals surface area contributed by atoms with Crippen molar-refractivity contribution in [2.45, 2.75) is 130 Å². The third kappa shape index (κ3) is 24.8. The number of rotatable bonds is 23. The fourth-order valence-corrected chi connectivity index (χ4v) is 5.31. The van der Waals surface area contributed by atoms with Crippen molar-refractivity contribution in [3.8, 4) is 0 Å². The summed E-state index contributed by atoms with van der Waals surface area (Å²) < 4.78 is 0. The fourth-order valence-electron chi connectivity index (χ4n) is 5.31. The van der Waals surface area contributed by atoms with E-state index in [1.807, 2.05) is 74.5 Å². The lowest BCUT2D eigenvalue weighted by Crippen LogP contribution is -2.43. The van der Waals surface area contributed by atoms with Crippen LogP contribution >= 0.6 is 0 Å². The van der Waals surface area contributed by atoms with Crippen molar-refractivity contribution in [1.82, 2.24) is 16.0 Å². The zero-order valence-corrected chi connectivity index (χ0v) is 33.0. The first-order valence-corrected chi connectivity index (χ1v) is 19.0. The summed E-state index contributed by atoms with van der Waals surface area (Å²) >= 11 is 0. The first-order chi connectivity index (χ1) is 26.2. The SMILES string of the molecule is C.C.C=CC[C@H](CC(=O)N[C@@H](C)CCO)C(=O)N[C@@H](CC)[C@@H](O)c1ccccc1.C=CC[C@H](CC(=O)N[C@@H](C)CCO)C(=O)O.CCC(N)[C@@H](O)c1ccccc1. The highest BCUT2D eigenvalue weighted by atomic mass is 16.4. The standard InChI is InChI=1S/C21H32N2O4.C11H19NO4.C10H15NO.2CH4/c1-4-9-17(14-19(25)22-15(3)12-13-24)21(27)23-18(5-2)20(26)16-10-7-6-8-11-16;1-3-4-9(11(15)16)7-10(14)12-8(2)5-6-13;1-2-9(11)10(12)8-6-4-3-5-7-8;;/h4,6-8,10-11,15,17-18,20,24,26H,1,5,9,12-14H2,2-3H3,(H,22,25)(H,23,27);3,8-9,13H,1,4-7H2,2H3,(H,12,14)(H,15,16);3-7,9-10,12H,2,11H2,1H3;2*1H4/t15-,17+,18-,20-;8-,9+;9?,10-;;/m000../s1. The van der Waals surface area contributed by atoms with Gasteiger partial charge in [0.1, 0.15) is 0 Å². The second kappa shape index (κ2) is 33.7. The lowest BCUT2D eigenvalue weighted by atomic mass is 9.96. The first kappa shape index (κ1) is 56.9. The number of aliphatic hydroxyl groups is 4. The van der Waals surface area contributed by atoms with E-state index < -0.39 is 36.1 Å². The van der Waals surface area contributed by atoms with Crippen LogP contribution in [0, 0.1) is 11.8 Å². The van der Waals surface area contributed by atoms with Gasteiger partial charge in [0.25, 0.3) is 0 Å². The number of allylic oxidation sites excluding steroid dienone is 2. The van der Waals surface area contributed by atoms with Crippen molar-refractivity contribution in [2.24, 2.45) is 17.6 Å². The van der Waals surface area contributed by atoms with Crippen molar-refractivity contribution in [2.75, 3.05) is 13.2 Å². The van der Waals surface area contributed by atoms with E-state index in [1.54, 1.807) is 19.9 Å². The highest BCUT2D eigenvalue weighted by Crippen LogP contribution is 2.20. The molecule has 0 aromatic heterocycles. The Morgan fingerprint density at radius 1 is 0.684 bits per heavy atom. The minimum absolute atomic E-state index is 0. The Balaban J connectivity index is -0.000000828. The third-order valence-corrected chi connectivity index (χ3v) is 8.73. The number of carboxylic acids is 1. The van der Waals surface area contributed by atoms with Gasteiger partial charge in [-0.05, 0) is 63.5 Å². The summed E-state index contributed by atoms with van der Waals surface area (Å²) in [7, 11) is 0. The molecule has 0 aliphatic heterocycles. The van der Waals surface area contributed by atoms with E-state index >= 15 is 0 Å². The minimum atomic E-state index is -0.995. The monoisotopic (exact) mass is 803 g/mol. The van der Waals surface area contributed by atoms with Crippen LogP contribution in [0.3, 0.4) is 0 Å². The number of hydrogen-bond acceptors (Lipinski definition) is 9. The number of carbonyl (C=O) groups is 4. The molecule has 0 spiro atoms. The maximum Gasteiger partial charge on any atom is 0.307 e. The number of hydrogen-bond donors (Lipinski definition) is 9. The number of aliphatic carboxylic acids is 1. The molecule has 0 bridgehead atoms. The van der Waals surface area contributed by atoms with Crippen molar-refractivity contribution < 1.29 is 44.7 Å². The van der Waals surface area contributed by atoms with Gasteiger partial charge in [-0.3, -0.25) is 19.2 Å². The summed E-state index contributed by atoms with van der Waals surface area (Å²) in [6, 6.07) is 17.8. The van der Waals surface area contributed by atoms with Gasteiger partial charge >= 0.3 is 5.97 Å². The summed E-state index contributed by atoms with van der Waals surface area (Å²) in [5.41, 5.74) is 7.33. The number of nitrogens with two attached hydrogens (primary N) is 1. The lowest BCUT2D eigenvalue weighted by Gasteiger charge is -2.26. The summed E-state index contributed by atoms with van der Waals surface area (Å²) in [5, 5.41) is 54.9. The van der Waals surface area contributed by atoms with E-state index in [4.69, 9.17) is 21.1 Å². The number of nitrogens with one attached hydrogen (secondary N) is 3. The third-order valence-electron chi connectivity index (χ3n) is 8.73. The Labute approximate surface area is 341 Å². The van der Waals surface area contributed by atoms with Gasteiger partial charge in [-0.15, -0.1) is 13.2 Å². The van der Waals surface area contributed by atoms with Crippen LogP contribution in [0.2, 0.25) is 0 Å². The van der Waals surface area contributed by atoms with E-state index in [-0.39, 0.29) is 83.2 Å². The van der Waals surface area contributed by atoms with Gasteiger partial charge in [-0.2, -0.15) is 0 Å². The molecular formula is C44H74N4O9. The van der Waals surface area contributed by atoms with E-state index in [0.29, 0.717) is 25.7 Å². The molecule has 0 heterocycles. The molecule has 2 aromatic rings. The number of carbonyl (C=O) groups excluding carboxylic acids is 3. The summed E-state index contributed by atoms with van der Waals surface area (Å²) in [4.78, 5) is 47.1. The van der Waals surface area contributed by atoms with Crippen molar-refractivity contribution in [3.63, 3.8) is 0 Å². The average molecular weight is 803 g/mol. The lowest BCUT2D eigenvalue weighted by molar-refractivity contribution is -0.144. The predicted molar refractivity (Wildman–Crippen MR) is 229 cm³/mol. The van der Waals surface area contributed by atoms with E-state index in [2.05, 4.69) is 29.1 Å². The van der Waals surface area contributed by atoms with Crippen LogP contribution < -0.4 is 21.7 Å². The highest BCUT2D eigenvalue weighted by molar-refractivity contribution is 5.86. The molecule has 3 amide bonds. The van der Waals surface area contributed by atoms with Crippen LogP contribution in [0.5, 0.6) is 0 Å². The number of amides is 3. The molecule has 2 aromatic carbocycles. The molecule has 57 heavy (non-hydrogen) atoms. The zero-order valence-electron chi connectivity index (χ0n) is 33.0. The largest absolute Gasteiger partial charge is 0.481 e. The van der Waals surface area contributed by atoms with Crippen LogP contribution in [0.25, 0.3) is 0 Å². The second-order valence-corrected chi connectivity index (χ2v) is 13.5. The molecule has 8 atom stereocenters. The van der Waals surface area contributed by atoms with E-state index in [9.17, 15) is 29.4 Å². The Kier molecular flexibility index (Phi) is 33.7. The second-order valence-electron chi connectivity index (χ2n) is 13.5. The Morgan fingerprint density at radius 3 is 1.46 bits per heavy atom. The van der Waals surface area contributed by atoms with Crippen LogP contribution in [0.1, 0.15) is 117 Å². The molecule has 13 heteroatoms. The van der Waals surface area contributed by atoms with Gasteiger partial charge < -0.3 is 47.2 Å². The van der Waals surface area contributed by atoms with Gasteiger partial charge in [-0.1, -0.05) is 102 Å².